The molecular weight excluding hydrogens is 487 g/mol. The highest BCUT2D eigenvalue weighted by molar-refractivity contribution is 14.1. The van der Waals surface area contributed by atoms with Crippen molar-refractivity contribution in [2.45, 2.75) is 11.8 Å². The van der Waals surface area contributed by atoms with E-state index in [2.05, 4.69) is 27.9 Å². The van der Waals surface area contributed by atoms with E-state index in [4.69, 9.17) is 0 Å². The number of aryl methyl sites for hydroxylation is 1. The number of sulfonamides is 1. The number of halogens is 1. The number of hydrogen-bond acceptors (Lipinski definition) is 3. The van der Waals surface area contributed by atoms with E-state index in [1.807, 2.05) is 31.2 Å². The summed E-state index contributed by atoms with van der Waals surface area (Å²) in [5.41, 5.74) is 2.62. The molecule has 5 nitrogen and oxygen atoms in total. The Morgan fingerprint density at radius 1 is 0.893 bits per heavy atom. The monoisotopic (exact) mass is 506 g/mol. The number of anilines is 2. The lowest BCUT2D eigenvalue weighted by atomic mass is 10.2. The summed E-state index contributed by atoms with van der Waals surface area (Å²) in [6.07, 6.45) is 0. The van der Waals surface area contributed by atoms with Crippen LogP contribution >= 0.6 is 22.6 Å². The number of hydrogen-bond donors (Lipinski definition) is 1. The van der Waals surface area contributed by atoms with Crippen molar-refractivity contribution in [3.63, 3.8) is 0 Å². The van der Waals surface area contributed by atoms with Crippen molar-refractivity contribution in [3.05, 3.63) is 87.5 Å². The third-order valence-corrected chi connectivity index (χ3v) is 6.79. The molecule has 3 aromatic rings. The number of nitrogens with one attached hydrogen (secondary N) is 1. The van der Waals surface area contributed by atoms with E-state index in [0.29, 0.717) is 16.9 Å². The Morgan fingerprint density at radius 3 is 2.04 bits per heavy atom. The molecule has 0 radical (unpaired) electrons. The lowest BCUT2D eigenvalue weighted by Gasteiger charge is -2.20. The van der Waals surface area contributed by atoms with Crippen LogP contribution in [0.5, 0.6) is 0 Å². The Balaban J connectivity index is 1.76. The van der Waals surface area contributed by atoms with Crippen molar-refractivity contribution in [2.24, 2.45) is 0 Å². The fourth-order valence-electron chi connectivity index (χ4n) is 2.57. The molecule has 0 aliphatic rings. The van der Waals surface area contributed by atoms with E-state index in [1.165, 1.54) is 11.4 Å². The molecule has 3 aromatic carbocycles. The van der Waals surface area contributed by atoms with Crippen LogP contribution in [0.2, 0.25) is 0 Å². The van der Waals surface area contributed by atoms with Gasteiger partial charge in [-0.1, -0.05) is 17.7 Å². The van der Waals surface area contributed by atoms with Crippen LogP contribution in [0, 0.1) is 10.5 Å². The summed E-state index contributed by atoms with van der Waals surface area (Å²) >= 11 is 2.20. The third-order valence-electron chi connectivity index (χ3n) is 4.27. The predicted molar refractivity (Wildman–Crippen MR) is 120 cm³/mol. The molecule has 1 N–H and O–H groups in total. The Morgan fingerprint density at radius 2 is 1.46 bits per heavy atom. The molecule has 0 unspecified atom stereocenters. The Bertz CT molecular complexity index is 1080. The normalized spacial score (nSPS) is 11.1. The Labute approximate surface area is 178 Å². The summed E-state index contributed by atoms with van der Waals surface area (Å²) in [6, 6.07) is 20.6. The van der Waals surface area contributed by atoms with Crippen LogP contribution in [-0.2, 0) is 10.0 Å². The average molecular weight is 506 g/mol. The number of carbonyl (C=O) groups excluding carboxylic acids is 1. The molecule has 1 amide bonds. The first-order valence-electron chi connectivity index (χ1n) is 8.50. The molecule has 144 valence electrons. The lowest BCUT2D eigenvalue weighted by molar-refractivity contribution is 0.102. The molecule has 0 saturated carbocycles. The number of nitrogens with zero attached hydrogens (tertiary/aromatic N) is 1. The van der Waals surface area contributed by atoms with E-state index in [9.17, 15) is 13.2 Å². The fourth-order valence-corrected chi connectivity index (χ4v) is 4.12. The van der Waals surface area contributed by atoms with Gasteiger partial charge in [-0.3, -0.25) is 9.10 Å². The van der Waals surface area contributed by atoms with Crippen LogP contribution in [0.4, 0.5) is 11.4 Å². The number of carbonyl (C=O) groups is 1. The standard InChI is InChI=1S/C21H19IN2O3S/c1-15-3-13-20(14-4-15)28(26,27)24(2)19-11-5-16(6-12-19)21(25)23-18-9-7-17(22)8-10-18/h3-14H,1-2H3,(H,23,25). The van der Waals surface area contributed by atoms with Gasteiger partial charge < -0.3 is 5.32 Å². The van der Waals surface area contributed by atoms with E-state index in [-0.39, 0.29) is 10.8 Å². The summed E-state index contributed by atoms with van der Waals surface area (Å²) in [5.74, 6) is -0.253. The van der Waals surface area contributed by atoms with E-state index < -0.39 is 10.0 Å². The summed E-state index contributed by atoms with van der Waals surface area (Å²) in [7, 11) is -2.17. The highest BCUT2D eigenvalue weighted by atomic mass is 127. The quantitative estimate of drug-likeness (QED) is 0.512. The van der Waals surface area contributed by atoms with Crippen molar-refractivity contribution in [3.8, 4) is 0 Å². The zero-order valence-corrected chi connectivity index (χ0v) is 18.4. The first kappa shape index (κ1) is 20.3. The van der Waals surface area contributed by atoms with E-state index in [0.717, 1.165) is 9.13 Å². The number of amides is 1. The first-order valence-corrected chi connectivity index (χ1v) is 11.0. The van der Waals surface area contributed by atoms with Gasteiger partial charge in [-0.25, -0.2) is 8.42 Å². The van der Waals surface area contributed by atoms with Gasteiger partial charge in [0.2, 0.25) is 0 Å². The third kappa shape index (κ3) is 4.53. The SMILES string of the molecule is Cc1ccc(S(=O)(=O)N(C)c2ccc(C(=O)Nc3ccc(I)cc3)cc2)cc1. The molecule has 0 aliphatic heterocycles. The number of benzene rings is 3. The van der Waals surface area contributed by atoms with Gasteiger partial charge in [0.05, 0.1) is 10.6 Å². The molecule has 0 aromatic heterocycles. The van der Waals surface area contributed by atoms with E-state index in [1.54, 1.807) is 48.5 Å². The molecule has 0 spiro atoms. The first-order chi connectivity index (χ1) is 13.3. The fraction of sp³-hybridized carbons (Fsp3) is 0.0952. The zero-order valence-electron chi connectivity index (χ0n) is 15.4. The lowest BCUT2D eigenvalue weighted by Crippen LogP contribution is -2.26. The Kier molecular flexibility index (Phi) is 6.04. The molecule has 28 heavy (non-hydrogen) atoms. The van der Waals surface area contributed by atoms with Crippen molar-refractivity contribution in [1.29, 1.82) is 0 Å². The molecule has 3 rings (SSSR count). The van der Waals surface area contributed by atoms with Gasteiger partial charge in [0.15, 0.2) is 0 Å². The second-order valence-electron chi connectivity index (χ2n) is 6.29. The maximum atomic E-state index is 12.8. The minimum Gasteiger partial charge on any atom is -0.322 e. The average Bonchev–Trinajstić information content (AvgIpc) is 2.69. The minimum absolute atomic E-state index is 0.223. The maximum absolute atomic E-state index is 12.8. The summed E-state index contributed by atoms with van der Waals surface area (Å²) < 4.78 is 27.8. The van der Waals surface area contributed by atoms with Crippen molar-refractivity contribution in [2.75, 3.05) is 16.7 Å². The van der Waals surface area contributed by atoms with Crippen molar-refractivity contribution >= 4 is 49.9 Å². The van der Waals surface area contributed by atoms with Crippen LogP contribution in [0.3, 0.4) is 0 Å². The molecule has 0 aliphatic carbocycles. The molecular formula is C21H19IN2O3S. The van der Waals surface area contributed by atoms with Crippen LogP contribution in [0.1, 0.15) is 15.9 Å². The minimum atomic E-state index is -3.66. The summed E-state index contributed by atoms with van der Waals surface area (Å²) in [5, 5.41) is 2.82. The summed E-state index contributed by atoms with van der Waals surface area (Å²) in [6.45, 7) is 1.90. The summed E-state index contributed by atoms with van der Waals surface area (Å²) in [4.78, 5) is 12.6. The highest BCUT2D eigenvalue weighted by Crippen LogP contribution is 2.23. The molecule has 0 saturated heterocycles. The predicted octanol–water partition coefficient (Wildman–Crippen LogP) is 4.68. The van der Waals surface area contributed by atoms with Crippen molar-refractivity contribution in [1.82, 2.24) is 0 Å². The molecule has 0 bridgehead atoms. The van der Waals surface area contributed by atoms with E-state index >= 15 is 0 Å². The molecule has 0 fully saturated rings. The van der Waals surface area contributed by atoms with Crippen LogP contribution in [0.15, 0.2) is 77.7 Å². The second kappa shape index (κ2) is 8.32. The topological polar surface area (TPSA) is 66.5 Å². The number of rotatable bonds is 5. The van der Waals surface area contributed by atoms with Gasteiger partial charge in [0.25, 0.3) is 15.9 Å². The van der Waals surface area contributed by atoms with Crippen molar-refractivity contribution < 1.29 is 13.2 Å². The smallest absolute Gasteiger partial charge is 0.264 e. The van der Waals surface area contributed by atoms with Crippen LogP contribution < -0.4 is 9.62 Å². The Hall–Kier alpha value is -2.39. The largest absolute Gasteiger partial charge is 0.322 e. The molecule has 0 heterocycles. The second-order valence-corrected chi connectivity index (χ2v) is 9.51. The maximum Gasteiger partial charge on any atom is 0.264 e. The van der Waals surface area contributed by atoms with Gasteiger partial charge >= 0.3 is 0 Å². The van der Waals surface area contributed by atoms with Gasteiger partial charge in [-0.15, -0.1) is 0 Å². The molecule has 7 heteroatoms. The highest BCUT2D eigenvalue weighted by Gasteiger charge is 2.21. The van der Waals surface area contributed by atoms with Crippen LogP contribution in [0.25, 0.3) is 0 Å². The van der Waals surface area contributed by atoms with Gasteiger partial charge in [0, 0.05) is 21.9 Å². The zero-order chi connectivity index (χ0) is 20.3. The van der Waals surface area contributed by atoms with Gasteiger partial charge in [0.1, 0.15) is 0 Å². The van der Waals surface area contributed by atoms with Gasteiger partial charge in [-0.2, -0.15) is 0 Å². The van der Waals surface area contributed by atoms with Gasteiger partial charge in [-0.05, 0) is 90.2 Å². The molecule has 0 atom stereocenters. The van der Waals surface area contributed by atoms with Crippen LogP contribution in [-0.4, -0.2) is 21.4 Å².